The summed E-state index contributed by atoms with van der Waals surface area (Å²) in [6.45, 7) is 2.67. The molecule has 0 aromatic heterocycles. The lowest BCUT2D eigenvalue weighted by Crippen LogP contribution is -2.24. The van der Waals surface area contributed by atoms with Gasteiger partial charge in [-0.05, 0) is 12.0 Å². The van der Waals surface area contributed by atoms with Gasteiger partial charge in [0.15, 0.2) is 0 Å². The van der Waals surface area contributed by atoms with Crippen molar-refractivity contribution in [3.8, 4) is 0 Å². The van der Waals surface area contributed by atoms with Crippen LogP contribution in [0, 0.1) is 0 Å². The van der Waals surface area contributed by atoms with Crippen molar-refractivity contribution < 1.29 is 8.42 Å². The lowest BCUT2D eigenvalue weighted by molar-refractivity contribution is 0.529. The van der Waals surface area contributed by atoms with Crippen molar-refractivity contribution in [3.05, 3.63) is 35.9 Å². The monoisotopic (exact) mass is 333 g/mol. The molecule has 0 unspecified atom stereocenters. The minimum absolute atomic E-state index is 0.0485. The molecule has 0 aliphatic rings. The van der Waals surface area contributed by atoms with Crippen LogP contribution in [0.3, 0.4) is 0 Å². The van der Waals surface area contributed by atoms with Gasteiger partial charge in [0.2, 0.25) is 10.0 Å². The summed E-state index contributed by atoms with van der Waals surface area (Å²) in [7, 11) is -3.25. The normalized spacial score (nSPS) is 11.9. The Morgan fingerprint density at radius 1 is 1.11 bits per heavy atom. The molecule has 0 aliphatic heterocycles. The van der Waals surface area contributed by atoms with Crippen molar-refractivity contribution >= 4 is 26.2 Å². The topological polar surface area (TPSA) is 37.4 Å². The Bertz CT molecular complexity index is 434. The largest absolute Gasteiger partial charge is 0.227 e. The van der Waals surface area contributed by atoms with Gasteiger partial charge < -0.3 is 0 Å². The summed E-state index contributed by atoms with van der Waals surface area (Å²) in [5, 5.41) is 0. The molecule has 0 aliphatic carbocycles. The third-order valence-corrected chi connectivity index (χ3v) is 5.84. The number of hydrogen-bond donors (Lipinski definition) is 0. The summed E-state index contributed by atoms with van der Waals surface area (Å²) in [6, 6.07) is 9.24. The molecule has 1 rings (SSSR count). The third kappa shape index (κ3) is 5.50. The fraction of sp³-hybridized carbons (Fsp3) is 0.538. The molecule has 0 bridgehead atoms. The zero-order valence-corrected chi connectivity index (χ0v) is 13.1. The standard InChI is InChI=1S/C13H20BrNO2S/c1-2-3-4-8-11-15(14)18(16,17)12-13-9-6-5-7-10-13/h5-7,9-10H,2-4,8,11-12H2,1H3. The summed E-state index contributed by atoms with van der Waals surface area (Å²) in [5.74, 6) is 0.0485. The molecule has 3 nitrogen and oxygen atoms in total. The molecule has 0 radical (unpaired) electrons. The highest BCUT2D eigenvalue weighted by Gasteiger charge is 2.19. The van der Waals surface area contributed by atoms with Gasteiger partial charge in [0, 0.05) is 22.7 Å². The van der Waals surface area contributed by atoms with Gasteiger partial charge >= 0.3 is 0 Å². The summed E-state index contributed by atoms with van der Waals surface area (Å²) in [4.78, 5) is 0. The van der Waals surface area contributed by atoms with Crippen LogP contribution < -0.4 is 0 Å². The van der Waals surface area contributed by atoms with Crippen molar-refractivity contribution in [3.63, 3.8) is 0 Å². The van der Waals surface area contributed by atoms with Crippen LogP contribution in [0.1, 0.15) is 38.2 Å². The molecule has 0 spiro atoms. The Kier molecular flexibility index (Phi) is 6.89. The number of hydrogen-bond acceptors (Lipinski definition) is 2. The van der Waals surface area contributed by atoms with E-state index in [0.29, 0.717) is 6.54 Å². The van der Waals surface area contributed by atoms with Crippen molar-refractivity contribution in [1.82, 2.24) is 3.33 Å². The van der Waals surface area contributed by atoms with Gasteiger partial charge in [-0.15, -0.1) is 3.33 Å². The summed E-state index contributed by atoms with van der Waals surface area (Å²) < 4.78 is 25.4. The van der Waals surface area contributed by atoms with Gasteiger partial charge in [0.05, 0.1) is 5.75 Å². The summed E-state index contributed by atoms with van der Waals surface area (Å²) >= 11 is 3.15. The zero-order chi connectivity index (χ0) is 13.4. The average molecular weight is 334 g/mol. The molecule has 0 amide bonds. The van der Waals surface area contributed by atoms with Crippen LogP contribution in [0.2, 0.25) is 0 Å². The predicted octanol–water partition coefficient (Wildman–Crippen LogP) is 3.71. The van der Waals surface area contributed by atoms with E-state index in [4.69, 9.17) is 0 Å². The highest BCUT2D eigenvalue weighted by molar-refractivity contribution is 9.08. The molecule has 5 heteroatoms. The van der Waals surface area contributed by atoms with Gasteiger partial charge in [-0.3, -0.25) is 0 Å². The Hall–Kier alpha value is -0.390. The maximum absolute atomic E-state index is 12.0. The van der Waals surface area contributed by atoms with Crippen LogP contribution in [0.15, 0.2) is 30.3 Å². The fourth-order valence-electron chi connectivity index (χ4n) is 1.66. The van der Waals surface area contributed by atoms with Crippen molar-refractivity contribution in [2.45, 2.75) is 38.4 Å². The quantitative estimate of drug-likeness (QED) is 0.537. The van der Waals surface area contributed by atoms with Gasteiger partial charge in [0.25, 0.3) is 0 Å². The first kappa shape index (κ1) is 15.7. The maximum atomic E-state index is 12.0. The molecular formula is C13H20BrNO2S. The number of rotatable bonds is 8. The molecule has 0 atom stereocenters. The van der Waals surface area contributed by atoms with Crippen LogP contribution in [0.25, 0.3) is 0 Å². The Balaban J connectivity index is 2.47. The van der Waals surface area contributed by atoms with E-state index in [0.717, 1.165) is 31.2 Å². The van der Waals surface area contributed by atoms with E-state index in [1.165, 1.54) is 3.33 Å². The summed E-state index contributed by atoms with van der Waals surface area (Å²) in [5.41, 5.74) is 0.815. The molecule has 1 aromatic rings. The smallest absolute Gasteiger partial charge is 0.211 e. The second-order valence-corrected chi connectivity index (χ2v) is 7.53. The Morgan fingerprint density at radius 3 is 2.39 bits per heavy atom. The molecule has 102 valence electrons. The first-order valence-corrected chi connectivity index (χ1v) is 8.58. The second-order valence-electron chi connectivity index (χ2n) is 4.31. The third-order valence-electron chi connectivity index (χ3n) is 2.68. The van der Waals surface area contributed by atoms with Crippen LogP contribution in [-0.2, 0) is 15.8 Å². The lowest BCUT2D eigenvalue weighted by Gasteiger charge is -2.14. The number of unbranched alkanes of at least 4 members (excludes halogenated alkanes) is 3. The van der Waals surface area contributed by atoms with Crippen molar-refractivity contribution in [1.29, 1.82) is 0 Å². The first-order valence-electron chi connectivity index (χ1n) is 6.26. The predicted molar refractivity (Wildman–Crippen MR) is 78.8 cm³/mol. The maximum Gasteiger partial charge on any atom is 0.227 e. The van der Waals surface area contributed by atoms with Crippen molar-refractivity contribution in [2.24, 2.45) is 0 Å². The number of sulfonamides is 1. The first-order chi connectivity index (χ1) is 8.56. The summed E-state index contributed by atoms with van der Waals surface area (Å²) in [6.07, 6.45) is 4.27. The van der Waals surface area contributed by atoms with Crippen LogP contribution in [0.5, 0.6) is 0 Å². The Labute approximate surface area is 119 Å². The van der Waals surface area contributed by atoms with E-state index < -0.39 is 10.0 Å². The SMILES string of the molecule is CCCCCCN(Br)S(=O)(=O)Cc1ccccc1. The minimum atomic E-state index is -3.25. The van der Waals surface area contributed by atoms with Crippen LogP contribution in [-0.4, -0.2) is 18.3 Å². The van der Waals surface area contributed by atoms with Gasteiger partial charge in [0.1, 0.15) is 0 Å². The number of nitrogens with zero attached hydrogens (tertiary/aromatic N) is 1. The van der Waals surface area contributed by atoms with Gasteiger partial charge in [-0.25, -0.2) is 8.42 Å². The van der Waals surface area contributed by atoms with E-state index in [9.17, 15) is 8.42 Å². The lowest BCUT2D eigenvalue weighted by atomic mass is 10.2. The minimum Gasteiger partial charge on any atom is -0.211 e. The molecule has 18 heavy (non-hydrogen) atoms. The molecule has 0 fully saturated rings. The van der Waals surface area contributed by atoms with Gasteiger partial charge in [-0.1, -0.05) is 56.5 Å². The molecule has 0 N–H and O–H groups in total. The van der Waals surface area contributed by atoms with E-state index in [-0.39, 0.29) is 5.75 Å². The van der Waals surface area contributed by atoms with Gasteiger partial charge in [-0.2, -0.15) is 0 Å². The van der Waals surface area contributed by atoms with E-state index >= 15 is 0 Å². The molecular weight excluding hydrogens is 314 g/mol. The van der Waals surface area contributed by atoms with Crippen LogP contribution >= 0.6 is 16.1 Å². The van der Waals surface area contributed by atoms with Crippen molar-refractivity contribution in [2.75, 3.05) is 6.54 Å². The number of halogens is 1. The van der Waals surface area contributed by atoms with E-state index in [1.54, 1.807) is 0 Å². The number of benzene rings is 1. The molecule has 0 heterocycles. The highest BCUT2D eigenvalue weighted by atomic mass is 79.9. The van der Waals surface area contributed by atoms with E-state index in [2.05, 4.69) is 23.1 Å². The average Bonchev–Trinajstić information content (AvgIpc) is 2.35. The fourth-order valence-corrected chi connectivity index (χ4v) is 3.38. The Morgan fingerprint density at radius 2 is 1.78 bits per heavy atom. The molecule has 0 saturated carbocycles. The van der Waals surface area contributed by atoms with Crippen LogP contribution in [0.4, 0.5) is 0 Å². The van der Waals surface area contributed by atoms with E-state index in [1.807, 2.05) is 30.3 Å². The zero-order valence-electron chi connectivity index (χ0n) is 10.7. The molecule has 0 saturated heterocycles. The highest BCUT2D eigenvalue weighted by Crippen LogP contribution is 2.15. The molecule has 1 aromatic carbocycles. The second kappa shape index (κ2) is 7.92.